The Hall–Kier alpha value is -2.93. The molecule has 0 aliphatic carbocycles. The maximum Gasteiger partial charge on any atom is 0.415 e. The molecule has 2 aromatic carbocycles. The topological polar surface area (TPSA) is 75.9 Å². The summed E-state index contributed by atoms with van der Waals surface area (Å²) in [6, 6.07) is 15.7. The van der Waals surface area contributed by atoms with Crippen LogP contribution < -0.4 is 4.74 Å². The molecular formula is C22H31N3O4. The lowest BCUT2D eigenvalue weighted by Gasteiger charge is -2.34. The van der Waals surface area contributed by atoms with Gasteiger partial charge in [-0.1, -0.05) is 58.0 Å². The van der Waals surface area contributed by atoms with E-state index in [0.717, 1.165) is 19.6 Å². The van der Waals surface area contributed by atoms with E-state index in [4.69, 9.17) is 4.74 Å². The van der Waals surface area contributed by atoms with E-state index in [0.29, 0.717) is 18.8 Å². The SMILES string of the molecule is CC.CC.O=C(Oc1ccc([N+](=O)[O-])cc1)N1CCN(Cc2ccccc2)CC1. The van der Waals surface area contributed by atoms with E-state index in [1.807, 2.05) is 45.9 Å². The third-order valence-electron chi connectivity index (χ3n) is 4.13. The van der Waals surface area contributed by atoms with Gasteiger partial charge in [-0.15, -0.1) is 0 Å². The third-order valence-corrected chi connectivity index (χ3v) is 4.13. The lowest BCUT2D eigenvalue weighted by atomic mass is 10.2. The highest BCUT2D eigenvalue weighted by Gasteiger charge is 2.22. The van der Waals surface area contributed by atoms with Crippen molar-refractivity contribution in [3.8, 4) is 5.75 Å². The van der Waals surface area contributed by atoms with Crippen LogP contribution >= 0.6 is 0 Å². The molecule has 7 nitrogen and oxygen atoms in total. The first-order valence-corrected chi connectivity index (χ1v) is 10.1. The van der Waals surface area contributed by atoms with E-state index >= 15 is 0 Å². The fraction of sp³-hybridized carbons (Fsp3) is 0.409. The predicted octanol–water partition coefficient (Wildman–Crippen LogP) is 4.96. The molecule has 1 saturated heterocycles. The monoisotopic (exact) mass is 401 g/mol. The maximum atomic E-state index is 12.2. The highest BCUT2D eigenvalue weighted by molar-refractivity contribution is 5.71. The second kappa shape index (κ2) is 13.3. The van der Waals surface area contributed by atoms with Crippen LogP contribution in [0.2, 0.25) is 0 Å². The highest BCUT2D eigenvalue weighted by atomic mass is 16.6. The Morgan fingerprint density at radius 2 is 1.48 bits per heavy atom. The van der Waals surface area contributed by atoms with Crippen molar-refractivity contribution in [2.45, 2.75) is 34.2 Å². The van der Waals surface area contributed by atoms with E-state index in [-0.39, 0.29) is 5.69 Å². The molecule has 0 atom stereocenters. The standard InChI is InChI=1S/C18H19N3O4.2C2H6/c22-18(25-17-8-6-16(7-9-17)21(23)24)20-12-10-19(11-13-20)14-15-4-2-1-3-5-15;2*1-2/h1-9H,10-14H2;2*1-2H3. The van der Waals surface area contributed by atoms with Crippen LogP contribution in [0.15, 0.2) is 54.6 Å². The number of hydrogen-bond acceptors (Lipinski definition) is 5. The molecule has 1 aliphatic rings. The predicted molar refractivity (Wildman–Crippen MR) is 115 cm³/mol. The van der Waals surface area contributed by atoms with Gasteiger partial charge in [0.2, 0.25) is 0 Å². The van der Waals surface area contributed by atoms with Crippen molar-refractivity contribution in [1.82, 2.24) is 9.80 Å². The molecule has 0 unspecified atom stereocenters. The van der Waals surface area contributed by atoms with Gasteiger partial charge >= 0.3 is 6.09 Å². The van der Waals surface area contributed by atoms with Crippen molar-refractivity contribution in [2.24, 2.45) is 0 Å². The first-order chi connectivity index (χ1) is 14.1. The van der Waals surface area contributed by atoms with Gasteiger partial charge in [0.25, 0.3) is 5.69 Å². The van der Waals surface area contributed by atoms with E-state index in [9.17, 15) is 14.9 Å². The number of nitro benzene ring substituents is 1. The Morgan fingerprint density at radius 1 is 0.931 bits per heavy atom. The first kappa shape index (κ1) is 24.1. The molecule has 0 saturated carbocycles. The molecule has 1 aliphatic heterocycles. The Bertz CT molecular complexity index is 727. The lowest BCUT2D eigenvalue weighted by molar-refractivity contribution is -0.384. The van der Waals surface area contributed by atoms with Gasteiger partial charge in [0.15, 0.2) is 0 Å². The van der Waals surface area contributed by atoms with Gasteiger partial charge in [-0.25, -0.2) is 4.79 Å². The van der Waals surface area contributed by atoms with Crippen LogP contribution in [0.3, 0.4) is 0 Å². The molecule has 1 heterocycles. The summed E-state index contributed by atoms with van der Waals surface area (Å²) in [5, 5.41) is 10.6. The molecule has 0 radical (unpaired) electrons. The number of hydrogen-bond donors (Lipinski definition) is 0. The quantitative estimate of drug-likeness (QED) is 0.534. The van der Waals surface area contributed by atoms with Gasteiger partial charge < -0.3 is 9.64 Å². The van der Waals surface area contributed by atoms with Gasteiger partial charge in [-0.3, -0.25) is 15.0 Å². The normalized spacial score (nSPS) is 13.3. The molecule has 0 bridgehead atoms. The number of benzene rings is 2. The Kier molecular flexibility index (Phi) is 11.0. The van der Waals surface area contributed by atoms with Crippen molar-refractivity contribution in [1.29, 1.82) is 0 Å². The van der Waals surface area contributed by atoms with Crippen LogP contribution in [0.5, 0.6) is 5.75 Å². The third kappa shape index (κ3) is 7.91. The lowest BCUT2D eigenvalue weighted by Crippen LogP contribution is -2.49. The number of carbonyl (C=O) groups excluding carboxylic acids is 1. The zero-order chi connectivity index (χ0) is 21.6. The molecule has 0 aromatic heterocycles. The minimum Gasteiger partial charge on any atom is -0.410 e. The smallest absolute Gasteiger partial charge is 0.410 e. The largest absolute Gasteiger partial charge is 0.415 e. The Balaban J connectivity index is 0.000000989. The summed E-state index contributed by atoms with van der Waals surface area (Å²) in [6.45, 7) is 11.6. The van der Waals surface area contributed by atoms with E-state index in [2.05, 4.69) is 17.0 Å². The van der Waals surface area contributed by atoms with Crippen molar-refractivity contribution in [3.63, 3.8) is 0 Å². The van der Waals surface area contributed by atoms with Crippen LogP contribution in [-0.4, -0.2) is 47.0 Å². The molecule has 2 aromatic rings. The summed E-state index contributed by atoms with van der Waals surface area (Å²) in [6.07, 6.45) is -0.423. The van der Waals surface area contributed by atoms with Crippen molar-refractivity contribution in [2.75, 3.05) is 26.2 Å². The Morgan fingerprint density at radius 3 is 2.00 bits per heavy atom. The van der Waals surface area contributed by atoms with E-state index < -0.39 is 11.0 Å². The summed E-state index contributed by atoms with van der Waals surface area (Å²) in [5.41, 5.74) is 1.22. The summed E-state index contributed by atoms with van der Waals surface area (Å²) in [4.78, 5) is 26.3. The number of carbonyl (C=O) groups is 1. The average molecular weight is 402 g/mol. The molecule has 1 amide bonds. The maximum absolute atomic E-state index is 12.2. The van der Waals surface area contributed by atoms with E-state index in [1.165, 1.54) is 29.8 Å². The number of nitrogens with zero attached hydrogens (tertiary/aromatic N) is 3. The van der Waals surface area contributed by atoms with Crippen molar-refractivity contribution in [3.05, 3.63) is 70.3 Å². The minimum absolute atomic E-state index is 0.0330. The molecule has 158 valence electrons. The molecule has 29 heavy (non-hydrogen) atoms. The van der Waals surface area contributed by atoms with Gasteiger partial charge in [-0.05, 0) is 17.7 Å². The average Bonchev–Trinajstić information content (AvgIpc) is 2.78. The number of rotatable bonds is 4. The molecule has 0 spiro atoms. The number of amides is 1. The Labute approximate surface area is 173 Å². The van der Waals surface area contributed by atoms with Crippen LogP contribution in [0.4, 0.5) is 10.5 Å². The summed E-state index contributed by atoms with van der Waals surface area (Å²) in [7, 11) is 0. The molecular weight excluding hydrogens is 370 g/mol. The zero-order valence-electron chi connectivity index (χ0n) is 17.7. The number of ether oxygens (including phenoxy) is 1. The fourth-order valence-electron chi connectivity index (χ4n) is 2.73. The molecule has 7 heteroatoms. The van der Waals surface area contributed by atoms with E-state index in [1.54, 1.807) is 4.90 Å². The first-order valence-electron chi connectivity index (χ1n) is 10.1. The summed E-state index contributed by atoms with van der Waals surface area (Å²) < 4.78 is 5.29. The van der Waals surface area contributed by atoms with Crippen LogP contribution in [0, 0.1) is 10.1 Å². The van der Waals surface area contributed by atoms with Crippen LogP contribution in [0.1, 0.15) is 33.3 Å². The van der Waals surface area contributed by atoms with Crippen molar-refractivity contribution >= 4 is 11.8 Å². The van der Waals surface area contributed by atoms with Crippen LogP contribution in [-0.2, 0) is 6.54 Å². The fourth-order valence-corrected chi connectivity index (χ4v) is 2.73. The van der Waals surface area contributed by atoms with Gasteiger partial charge in [-0.2, -0.15) is 0 Å². The van der Waals surface area contributed by atoms with Gasteiger partial charge in [0, 0.05) is 44.9 Å². The minimum atomic E-state index is -0.489. The molecule has 1 fully saturated rings. The number of nitro groups is 1. The van der Waals surface area contributed by atoms with Gasteiger partial charge in [0.05, 0.1) is 4.92 Å². The number of non-ortho nitro benzene ring substituents is 1. The zero-order valence-corrected chi connectivity index (χ0v) is 17.7. The second-order valence-corrected chi connectivity index (χ2v) is 5.87. The van der Waals surface area contributed by atoms with Gasteiger partial charge in [0.1, 0.15) is 5.75 Å². The summed E-state index contributed by atoms with van der Waals surface area (Å²) >= 11 is 0. The molecule has 3 rings (SSSR count). The van der Waals surface area contributed by atoms with Crippen LogP contribution in [0.25, 0.3) is 0 Å². The van der Waals surface area contributed by atoms with Crippen molar-refractivity contribution < 1.29 is 14.5 Å². The molecule has 0 N–H and O–H groups in total. The number of piperazine rings is 1. The summed E-state index contributed by atoms with van der Waals surface area (Å²) in [5.74, 6) is 0.308. The second-order valence-electron chi connectivity index (χ2n) is 5.87. The highest BCUT2D eigenvalue weighted by Crippen LogP contribution is 2.18.